The third-order valence-corrected chi connectivity index (χ3v) is 11.4. The van der Waals surface area contributed by atoms with E-state index in [1.165, 1.54) is 54.4 Å². The largest absolute Gasteiger partial charge is 0.370 e. The topological polar surface area (TPSA) is 26.3 Å². The molecule has 1 aliphatic heterocycles. The standard InChI is InChI=1S/C33H40O2/c1-20-15-17-35-33(20)16-14-30-28-12-10-25-18-26(34)11-13-27(25)31(28)29(19-32(30,33)3)24-8-6-23(7-9-24)21(2)22-4-5-22/h6-9,22,25,28-30H,1-2,4-5,10-19H2,3H3. The van der Waals surface area contributed by atoms with Crippen LogP contribution >= 0.6 is 0 Å². The Morgan fingerprint density at radius 3 is 2.54 bits per heavy atom. The summed E-state index contributed by atoms with van der Waals surface area (Å²) < 4.78 is 6.68. The van der Waals surface area contributed by atoms with Crippen molar-refractivity contribution >= 4 is 11.4 Å². The third-order valence-electron chi connectivity index (χ3n) is 11.4. The van der Waals surface area contributed by atoms with E-state index in [0.29, 0.717) is 35.4 Å². The molecule has 6 unspecified atom stereocenters. The van der Waals surface area contributed by atoms with Gasteiger partial charge in [-0.25, -0.2) is 0 Å². The fraction of sp³-hybridized carbons (Fsp3) is 0.606. The molecule has 1 aromatic rings. The van der Waals surface area contributed by atoms with E-state index in [-0.39, 0.29) is 11.0 Å². The quantitative estimate of drug-likeness (QED) is 0.423. The summed E-state index contributed by atoms with van der Waals surface area (Å²) >= 11 is 0. The van der Waals surface area contributed by atoms with Crippen molar-refractivity contribution in [2.45, 2.75) is 89.1 Å². The second kappa shape index (κ2) is 7.78. The molecule has 1 spiro atoms. The lowest BCUT2D eigenvalue weighted by molar-refractivity contribution is -0.121. The van der Waals surface area contributed by atoms with Gasteiger partial charge in [-0.2, -0.15) is 0 Å². The predicted octanol–water partition coefficient (Wildman–Crippen LogP) is 7.80. The molecule has 6 atom stereocenters. The fourth-order valence-corrected chi connectivity index (χ4v) is 9.43. The molecule has 6 aliphatic rings. The Morgan fingerprint density at radius 2 is 1.83 bits per heavy atom. The van der Waals surface area contributed by atoms with Gasteiger partial charge in [0.25, 0.3) is 0 Å². The molecule has 1 aromatic carbocycles. The summed E-state index contributed by atoms with van der Waals surface area (Å²) in [5.41, 5.74) is 8.87. The minimum atomic E-state index is -0.133. The smallest absolute Gasteiger partial charge is 0.133 e. The maximum absolute atomic E-state index is 12.4. The van der Waals surface area contributed by atoms with E-state index < -0.39 is 0 Å². The summed E-state index contributed by atoms with van der Waals surface area (Å²) in [6.07, 6.45) is 12.1. The molecule has 35 heavy (non-hydrogen) atoms. The van der Waals surface area contributed by atoms with E-state index in [0.717, 1.165) is 45.1 Å². The number of hydrogen-bond acceptors (Lipinski definition) is 2. The van der Waals surface area contributed by atoms with Crippen molar-refractivity contribution in [2.75, 3.05) is 6.61 Å². The average Bonchev–Trinajstić information content (AvgIpc) is 3.58. The molecular formula is C33H40O2. The highest BCUT2D eigenvalue weighted by molar-refractivity contribution is 5.81. The number of carbonyl (C=O) groups excluding carboxylic acids is 1. The Balaban J connectivity index is 1.33. The highest BCUT2D eigenvalue weighted by atomic mass is 16.5. The number of rotatable bonds is 3. The highest BCUT2D eigenvalue weighted by Gasteiger charge is 2.66. The molecule has 1 heterocycles. The number of ketones is 1. The van der Waals surface area contributed by atoms with Gasteiger partial charge in [-0.3, -0.25) is 4.79 Å². The Morgan fingerprint density at radius 1 is 1.03 bits per heavy atom. The number of fused-ring (bicyclic) bond motifs is 5. The molecular weight excluding hydrogens is 428 g/mol. The second-order valence-corrected chi connectivity index (χ2v) is 12.9. The molecule has 0 bridgehead atoms. The maximum Gasteiger partial charge on any atom is 0.133 e. The number of ether oxygens (including phenoxy) is 1. The van der Waals surface area contributed by atoms with Crippen LogP contribution in [0.3, 0.4) is 0 Å². The van der Waals surface area contributed by atoms with Crippen LogP contribution in [0.2, 0.25) is 0 Å². The molecule has 0 N–H and O–H groups in total. The molecule has 4 saturated carbocycles. The first-order valence-corrected chi connectivity index (χ1v) is 14.3. The zero-order chi connectivity index (χ0) is 23.9. The van der Waals surface area contributed by atoms with E-state index in [2.05, 4.69) is 44.3 Å². The van der Waals surface area contributed by atoms with Gasteiger partial charge < -0.3 is 4.74 Å². The van der Waals surface area contributed by atoms with Crippen LogP contribution in [0, 0.1) is 29.1 Å². The molecule has 5 aliphatic carbocycles. The maximum atomic E-state index is 12.4. The SMILES string of the molecule is C=C(c1ccc(C2CC3(C)C(CCC34OCCC4=C)C3CCC4CC(=O)CCC4=C23)cc1)C1CC1. The molecule has 0 radical (unpaired) electrons. The Hall–Kier alpha value is -1.93. The van der Waals surface area contributed by atoms with Crippen LogP contribution in [0.5, 0.6) is 0 Å². The fourth-order valence-electron chi connectivity index (χ4n) is 9.43. The van der Waals surface area contributed by atoms with E-state index >= 15 is 0 Å². The van der Waals surface area contributed by atoms with Crippen LogP contribution in [0.15, 0.2) is 54.1 Å². The number of benzene rings is 1. The van der Waals surface area contributed by atoms with E-state index in [9.17, 15) is 4.79 Å². The molecule has 5 fully saturated rings. The monoisotopic (exact) mass is 468 g/mol. The van der Waals surface area contributed by atoms with Gasteiger partial charge in [0.2, 0.25) is 0 Å². The molecule has 2 nitrogen and oxygen atoms in total. The minimum Gasteiger partial charge on any atom is -0.370 e. The summed E-state index contributed by atoms with van der Waals surface area (Å²) in [7, 11) is 0. The number of Topliss-reactive ketones (excluding diaryl/α,β-unsaturated/α-hetero) is 1. The van der Waals surface area contributed by atoms with Crippen molar-refractivity contribution in [3.63, 3.8) is 0 Å². The van der Waals surface area contributed by atoms with Crippen molar-refractivity contribution in [1.82, 2.24) is 0 Å². The zero-order valence-corrected chi connectivity index (χ0v) is 21.4. The Bertz CT molecular complexity index is 1130. The molecule has 7 rings (SSSR count). The number of allylic oxidation sites excluding steroid dienone is 3. The number of hydrogen-bond donors (Lipinski definition) is 0. The van der Waals surface area contributed by atoms with Gasteiger partial charge in [0.15, 0.2) is 0 Å². The molecule has 184 valence electrons. The average molecular weight is 469 g/mol. The molecule has 0 amide bonds. The first-order valence-electron chi connectivity index (χ1n) is 14.3. The van der Waals surface area contributed by atoms with E-state index in [1.54, 1.807) is 11.1 Å². The van der Waals surface area contributed by atoms with Crippen LogP contribution in [-0.2, 0) is 9.53 Å². The van der Waals surface area contributed by atoms with Crippen LogP contribution in [0.25, 0.3) is 5.57 Å². The van der Waals surface area contributed by atoms with Crippen molar-refractivity contribution in [3.05, 3.63) is 65.3 Å². The number of carbonyl (C=O) groups is 1. The lowest BCUT2D eigenvalue weighted by Crippen LogP contribution is -2.52. The Labute approximate surface area is 210 Å². The van der Waals surface area contributed by atoms with Gasteiger partial charge in [0.1, 0.15) is 5.78 Å². The lowest BCUT2D eigenvalue weighted by Gasteiger charge is -2.56. The minimum absolute atomic E-state index is 0.133. The van der Waals surface area contributed by atoms with Crippen LogP contribution in [-0.4, -0.2) is 18.0 Å². The second-order valence-electron chi connectivity index (χ2n) is 12.9. The zero-order valence-electron chi connectivity index (χ0n) is 21.4. The lowest BCUT2D eigenvalue weighted by atomic mass is 9.50. The van der Waals surface area contributed by atoms with Gasteiger partial charge >= 0.3 is 0 Å². The van der Waals surface area contributed by atoms with Crippen molar-refractivity contribution in [1.29, 1.82) is 0 Å². The van der Waals surface area contributed by atoms with Crippen molar-refractivity contribution in [2.24, 2.45) is 29.1 Å². The van der Waals surface area contributed by atoms with Gasteiger partial charge in [-0.05, 0) is 104 Å². The van der Waals surface area contributed by atoms with Gasteiger partial charge in [0.05, 0.1) is 12.2 Å². The van der Waals surface area contributed by atoms with Crippen molar-refractivity contribution < 1.29 is 9.53 Å². The first kappa shape index (κ1) is 22.3. The summed E-state index contributed by atoms with van der Waals surface area (Å²) in [5.74, 6) is 3.42. The summed E-state index contributed by atoms with van der Waals surface area (Å²) in [6.45, 7) is 12.4. The molecule has 0 aromatic heterocycles. The highest BCUT2D eigenvalue weighted by Crippen LogP contribution is 2.70. The van der Waals surface area contributed by atoms with Gasteiger partial charge in [-0.1, -0.05) is 55.5 Å². The van der Waals surface area contributed by atoms with Gasteiger partial charge in [0, 0.05) is 24.2 Å². The molecule has 2 heteroatoms. The first-order chi connectivity index (χ1) is 16.9. The van der Waals surface area contributed by atoms with Gasteiger partial charge in [-0.15, -0.1) is 0 Å². The summed E-state index contributed by atoms with van der Waals surface area (Å²) in [4.78, 5) is 12.4. The molecule has 1 saturated heterocycles. The van der Waals surface area contributed by atoms with E-state index in [4.69, 9.17) is 4.74 Å². The third kappa shape index (κ3) is 3.14. The van der Waals surface area contributed by atoms with E-state index in [1.807, 2.05) is 0 Å². The van der Waals surface area contributed by atoms with Crippen LogP contribution in [0.4, 0.5) is 0 Å². The Kier molecular flexibility index (Phi) is 4.95. The summed E-state index contributed by atoms with van der Waals surface area (Å²) in [6, 6.07) is 9.49. The van der Waals surface area contributed by atoms with Crippen molar-refractivity contribution in [3.8, 4) is 0 Å². The van der Waals surface area contributed by atoms with Crippen LogP contribution in [0.1, 0.15) is 94.6 Å². The predicted molar refractivity (Wildman–Crippen MR) is 141 cm³/mol. The van der Waals surface area contributed by atoms with Crippen LogP contribution < -0.4 is 0 Å². The summed E-state index contributed by atoms with van der Waals surface area (Å²) in [5, 5.41) is 0. The normalized spacial score (nSPS) is 40.6.